The number of esters is 2. The summed E-state index contributed by atoms with van der Waals surface area (Å²) in [5.41, 5.74) is 0. The fourth-order valence-electron chi connectivity index (χ4n) is 2.93. The van der Waals surface area contributed by atoms with E-state index in [1.165, 1.54) is 77.0 Å². The largest absolute Gasteiger partial charge is 0.392 e. The van der Waals surface area contributed by atoms with Gasteiger partial charge in [0.2, 0.25) is 0 Å². The zero-order valence-electron chi connectivity index (χ0n) is 14.9. The van der Waals surface area contributed by atoms with E-state index in [1.807, 2.05) is 6.08 Å². The van der Waals surface area contributed by atoms with Crippen LogP contribution in [0.25, 0.3) is 0 Å². The van der Waals surface area contributed by atoms with Gasteiger partial charge in [0.05, 0.1) is 0 Å². The lowest BCUT2D eigenvalue weighted by atomic mass is 10.0. The maximum atomic E-state index is 10.9. The summed E-state index contributed by atoms with van der Waals surface area (Å²) in [5.74, 6) is -1.26. The highest BCUT2D eigenvalue weighted by Gasteiger charge is 2.40. The maximum absolute atomic E-state index is 10.9. The Morgan fingerprint density at radius 1 is 0.739 bits per heavy atom. The van der Waals surface area contributed by atoms with Gasteiger partial charge in [-0.05, 0) is 19.3 Å². The molecule has 0 spiro atoms. The highest BCUT2D eigenvalue weighted by molar-refractivity contribution is 6.09. The summed E-state index contributed by atoms with van der Waals surface area (Å²) in [6, 6.07) is 0. The van der Waals surface area contributed by atoms with E-state index >= 15 is 0 Å². The molecule has 0 radical (unpaired) electrons. The molecule has 1 aliphatic rings. The Bertz CT molecular complexity index is 346. The Morgan fingerprint density at radius 3 is 1.70 bits per heavy atom. The topological polar surface area (TPSA) is 43.4 Å². The number of carbonyl (C=O) groups is 2. The van der Waals surface area contributed by atoms with Crippen LogP contribution in [0.3, 0.4) is 0 Å². The average molecular weight is 322 g/mol. The van der Waals surface area contributed by atoms with Crippen LogP contribution in [0, 0.1) is 5.92 Å². The highest BCUT2D eigenvalue weighted by Crippen LogP contribution is 2.19. The first-order valence-electron chi connectivity index (χ1n) is 9.66. The minimum atomic E-state index is -0.520. The molecule has 0 aromatic carbocycles. The Balaban J connectivity index is 1.76. The lowest BCUT2D eigenvalue weighted by Gasteiger charge is -2.19. The molecule has 0 amide bonds. The molecule has 23 heavy (non-hydrogen) atoms. The van der Waals surface area contributed by atoms with E-state index in [0.29, 0.717) is 6.42 Å². The number of unbranched alkanes of at least 4 members (excludes halogenated alkanes) is 12. The van der Waals surface area contributed by atoms with E-state index in [-0.39, 0.29) is 11.9 Å². The molecule has 1 saturated heterocycles. The molecule has 0 saturated carbocycles. The van der Waals surface area contributed by atoms with Crippen molar-refractivity contribution in [1.29, 1.82) is 0 Å². The van der Waals surface area contributed by atoms with Crippen molar-refractivity contribution in [1.82, 2.24) is 0 Å². The van der Waals surface area contributed by atoms with E-state index in [4.69, 9.17) is 0 Å². The summed E-state index contributed by atoms with van der Waals surface area (Å²) in [4.78, 5) is 21.9. The molecular weight excluding hydrogens is 288 g/mol. The lowest BCUT2D eigenvalue weighted by Crippen LogP contribution is -2.40. The summed E-state index contributed by atoms with van der Waals surface area (Å²) in [6.45, 7) is 2.26. The van der Waals surface area contributed by atoms with Gasteiger partial charge in [0.25, 0.3) is 0 Å². The Hall–Kier alpha value is -1.12. The normalized spacial score (nSPS) is 15.2. The van der Waals surface area contributed by atoms with Crippen molar-refractivity contribution in [2.75, 3.05) is 0 Å². The summed E-state index contributed by atoms with van der Waals surface area (Å²) >= 11 is 0. The fourth-order valence-corrected chi connectivity index (χ4v) is 2.93. The van der Waals surface area contributed by atoms with Gasteiger partial charge in [-0.15, -0.1) is 0 Å². The number of cyclic esters (lactones) is 2. The predicted molar refractivity (Wildman–Crippen MR) is 94.0 cm³/mol. The fraction of sp³-hybridized carbons (Fsp3) is 0.800. The maximum Gasteiger partial charge on any atom is 0.328 e. The van der Waals surface area contributed by atoms with Crippen LogP contribution < -0.4 is 0 Å². The smallest absolute Gasteiger partial charge is 0.328 e. The number of hydrogen-bond acceptors (Lipinski definition) is 3. The van der Waals surface area contributed by atoms with Crippen molar-refractivity contribution in [2.24, 2.45) is 5.92 Å². The molecular formula is C20H34O3. The van der Waals surface area contributed by atoms with Crippen molar-refractivity contribution in [3.63, 3.8) is 0 Å². The van der Waals surface area contributed by atoms with Gasteiger partial charge in [0, 0.05) is 0 Å². The minimum absolute atomic E-state index is 0.370. The third-order valence-electron chi connectivity index (χ3n) is 4.53. The van der Waals surface area contributed by atoms with Crippen molar-refractivity contribution >= 4 is 11.9 Å². The van der Waals surface area contributed by atoms with Crippen LogP contribution in [0.15, 0.2) is 12.2 Å². The van der Waals surface area contributed by atoms with E-state index in [9.17, 15) is 9.59 Å². The van der Waals surface area contributed by atoms with Gasteiger partial charge < -0.3 is 4.74 Å². The van der Waals surface area contributed by atoms with Crippen molar-refractivity contribution < 1.29 is 14.3 Å². The Kier molecular flexibility index (Phi) is 11.5. The van der Waals surface area contributed by atoms with Crippen LogP contribution in [-0.2, 0) is 14.3 Å². The van der Waals surface area contributed by atoms with E-state index in [2.05, 4.69) is 17.7 Å². The summed E-state index contributed by atoms with van der Waals surface area (Å²) in [5, 5.41) is 0. The first-order valence-corrected chi connectivity index (χ1v) is 9.66. The van der Waals surface area contributed by atoms with Crippen LogP contribution in [0.1, 0.15) is 96.8 Å². The molecule has 0 aromatic rings. The number of carbonyl (C=O) groups excluding carboxylic acids is 2. The third kappa shape index (κ3) is 9.58. The van der Waals surface area contributed by atoms with E-state index < -0.39 is 5.92 Å². The molecule has 1 rings (SSSR count). The van der Waals surface area contributed by atoms with Crippen molar-refractivity contribution in [3.8, 4) is 0 Å². The number of rotatable bonds is 15. The van der Waals surface area contributed by atoms with E-state index in [0.717, 1.165) is 6.42 Å². The molecule has 3 heteroatoms. The zero-order valence-corrected chi connectivity index (χ0v) is 14.9. The molecule has 132 valence electrons. The first-order chi connectivity index (χ1) is 11.3. The third-order valence-corrected chi connectivity index (χ3v) is 4.53. The second-order valence-corrected chi connectivity index (χ2v) is 6.68. The quantitative estimate of drug-likeness (QED) is 0.167. The van der Waals surface area contributed by atoms with Crippen LogP contribution in [0.4, 0.5) is 0 Å². The minimum Gasteiger partial charge on any atom is -0.392 e. The SMILES string of the molecule is CCCCCCCCCCCCCC/C=C\CC1C(=O)OC1=O. The summed E-state index contributed by atoms with van der Waals surface area (Å²) in [6.07, 6.45) is 22.0. The van der Waals surface area contributed by atoms with Gasteiger partial charge in [-0.25, -0.2) is 0 Å². The number of allylic oxidation sites excluding steroid dienone is 2. The number of ether oxygens (including phenoxy) is 1. The molecule has 0 atom stereocenters. The molecule has 0 bridgehead atoms. The van der Waals surface area contributed by atoms with Gasteiger partial charge in [-0.3, -0.25) is 9.59 Å². The molecule has 3 nitrogen and oxygen atoms in total. The monoisotopic (exact) mass is 322 g/mol. The lowest BCUT2D eigenvalue weighted by molar-refractivity contribution is -0.183. The second kappa shape index (κ2) is 13.3. The van der Waals surface area contributed by atoms with Gasteiger partial charge in [0.1, 0.15) is 0 Å². The standard InChI is InChI=1S/C20H34O3/c1-2-3-4-5-6-7-8-9-10-11-12-13-14-15-16-17-18-19(21)23-20(18)22/h15-16,18H,2-14,17H2,1H3/b16-15-. The Morgan fingerprint density at radius 2 is 1.22 bits per heavy atom. The molecule has 1 heterocycles. The van der Waals surface area contributed by atoms with Crippen LogP contribution in [-0.4, -0.2) is 11.9 Å². The first kappa shape index (κ1) is 19.9. The predicted octanol–water partition coefficient (Wildman–Crippen LogP) is 5.72. The number of hydrogen-bond donors (Lipinski definition) is 0. The molecule has 0 unspecified atom stereocenters. The molecule has 0 aliphatic carbocycles. The van der Waals surface area contributed by atoms with E-state index in [1.54, 1.807) is 0 Å². The second-order valence-electron chi connectivity index (χ2n) is 6.68. The van der Waals surface area contributed by atoms with Gasteiger partial charge in [-0.1, -0.05) is 89.7 Å². The highest BCUT2D eigenvalue weighted by atomic mass is 16.6. The van der Waals surface area contributed by atoms with Crippen LogP contribution in [0.2, 0.25) is 0 Å². The molecule has 0 N–H and O–H groups in total. The van der Waals surface area contributed by atoms with Crippen molar-refractivity contribution in [3.05, 3.63) is 12.2 Å². The van der Waals surface area contributed by atoms with Crippen LogP contribution >= 0.6 is 0 Å². The van der Waals surface area contributed by atoms with Crippen molar-refractivity contribution in [2.45, 2.75) is 96.8 Å². The van der Waals surface area contributed by atoms with Crippen LogP contribution in [0.5, 0.6) is 0 Å². The molecule has 0 aromatic heterocycles. The van der Waals surface area contributed by atoms with Gasteiger partial charge in [-0.2, -0.15) is 0 Å². The summed E-state index contributed by atoms with van der Waals surface area (Å²) < 4.78 is 4.31. The Labute approximate surface area is 141 Å². The summed E-state index contributed by atoms with van der Waals surface area (Å²) in [7, 11) is 0. The van der Waals surface area contributed by atoms with Gasteiger partial charge in [0.15, 0.2) is 5.92 Å². The molecule has 1 aliphatic heterocycles. The zero-order chi connectivity index (χ0) is 16.8. The van der Waals surface area contributed by atoms with Gasteiger partial charge >= 0.3 is 11.9 Å². The molecule has 1 fully saturated rings. The average Bonchev–Trinajstić information content (AvgIpc) is 2.54.